The van der Waals surface area contributed by atoms with Crippen LogP contribution in [0.4, 0.5) is 0 Å². The van der Waals surface area contributed by atoms with Gasteiger partial charge in [0.2, 0.25) is 0 Å². The van der Waals surface area contributed by atoms with Crippen LogP contribution < -0.4 is 0 Å². The molecule has 1 aliphatic heterocycles. The predicted octanol–water partition coefficient (Wildman–Crippen LogP) is 0.297. The van der Waals surface area contributed by atoms with Gasteiger partial charge in [-0.25, -0.2) is 4.79 Å². The maximum Gasteiger partial charge on any atom is 0.334 e. The van der Waals surface area contributed by atoms with Gasteiger partial charge >= 0.3 is 5.97 Å². The van der Waals surface area contributed by atoms with Crippen LogP contribution in [0.25, 0.3) is 0 Å². The summed E-state index contributed by atoms with van der Waals surface area (Å²) in [6.45, 7) is 6.86. The number of aliphatic hydroxyl groups is 3. The van der Waals surface area contributed by atoms with E-state index in [0.29, 0.717) is 18.4 Å². The van der Waals surface area contributed by atoms with Gasteiger partial charge in [-0.05, 0) is 26.7 Å². The van der Waals surface area contributed by atoms with Crippen molar-refractivity contribution >= 4 is 5.97 Å². The number of hydrogen-bond donors (Lipinski definition) is 3. The van der Waals surface area contributed by atoms with E-state index in [4.69, 9.17) is 4.74 Å². The van der Waals surface area contributed by atoms with Crippen molar-refractivity contribution < 1.29 is 24.9 Å². The zero-order valence-corrected chi connectivity index (χ0v) is 11.7. The van der Waals surface area contributed by atoms with E-state index in [-0.39, 0.29) is 5.92 Å². The van der Waals surface area contributed by atoms with Gasteiger partial charge in [0.05, 0.1) is 17.1 Å². The largest absolute Gasteiger partial charge is 0.458 e. The Hall–Kier alpha value is -1.17. The van der Waals surface area contributed by atoms with Crippen molar-refractivity contribution in [1.29, 1.82) is 0 Å². The minimum absolute atomic E-state index is 0.278. The molecule has 3 N–H and O–H groups in total. The number of esters is 1. The minimum Gasteiger partial charge on any atom is -0.458 e. The molecule has 6 atom stereocenters. The molecule has 5 heteroatoms. The highest BCUT2D eigenvalue weighted by Gasteiger charge is 2.66. The lowest BCUT2D eigenvalue weighted by Gasteiger charge is -2.44. The smallest absolute Gasteiger partial charge is 0.334 e. The lowest BCUT2D eigenvalue weighted by Crippen LogP contribution is -2.60. The van der Waals surface area contributed by atoms with Gasteiger partial charge in [-0.15, -0.1) is 0 Å². The molecular formula is C15H20O5. The second-order valence-corrected chi connectivity index (χ2v) is 6.68. The topological polar surface area (TPSA) is 87.0 Å². The third-order valence-corrected chi connectivity index (χ3v) is 5.26. The summed E-state index contributed by atoms with van der Waals surface area (Å²) in [5.41, 5.74) is -4.01. The molecule has 110 valence electrons. The van der Waals surface area contributed by atoms with E-state index in [9.17, 15) is 20.1 Å². The average molecular weight is 280 g/mol. The van der Waals surface area contributed by atoms with Crippen LogP contribution in [0.15, 0.2) is 24.3 Å². The number of carbonyl (C=O) groups excluding carboxylic acids is 1. The SMILES string of the molecule is C=C1C(=O)O[C@@H]2[C@@H]3[C@](O)(C=C[C@@]3(C)O)[C@](C)(O)CC[C@@H]12. The summed E-state index contributed by atoms with van der Waals surface area (Å²) in [4.78, 5) is 11.8. The molecule has 1 saturated carbocycles. The fraction of sp³-hybridized carbons (Fsp3) is 0.667. The number of ether oxygens (including phenoxy) is 1. The van der Waals surface area contributed by atoms with Crippen LogP contribution in [-0.4, -0.2) is 44.2 Å². The Kier molecular flexibility index (Phi) is 2.57. The second kappa shape index (κ2) is 3.72. The molecule has 20 heavy (non-hydrogen) atoms. The van der Waals surface area contributed by atoms with E-state index in [2.05, 4.69) is 6.58 Å². The van der Waals surface area contributed by atoms with Crippen molar-refractivity contribution in [3.8, 4) is 0 Å². The summed E-state index contributed by atoms with van der Waals surface area (Å²) in [6, 6.07) is 0. The average Bonchev–Trinajstić information content (AvgIpc) is 2.70. The van der Waals surface area contributed by atoms with Crippen molar-refractivity contribution in [2.24, 2.45) is 11.8 Å². The molecule has 2 fully saturated rings. The van der Waals surface area contributed by atoms with Gasteiger partial charge in [0.25, 0.3) is 0 Å². The first-order valence-electron chi connectivity index (χ1n) is 6.87. The summed E-state index contributed by atoms with van der Waals surface area (Å²) in [7, 11) is 0. The Balaban J connectivity index is 2.13. The van der Waals surface area contributed by atoms with Gasteiger partial charge in [0.15, 0.2) is 0 Å². The van der Waals surface area contributed by atoms with Crippen molar-refractivity contribution in [2.45, 2.75) is 49.6 Å². The maximum atomic E-state index is 11.8. The van der Waals surface area contributed by atoms with Gasteiger partial charge in [0, 0.05) is 11.5 Å². The molecule has 0 amide bonds. The Morgan fingerprint density at radius 3 is 2.60 bits per heavy atom. The lowest BCUT2D eigenvalue weighted by atomic mass is 9.70. The highest BCUT2D eigenvalue weighted by molar-refractivity contribution is 5.91. The van der Waals surface area contributed by atoms with Crippen molar-refractivity contribution in [1.82, 2.24) is 0 Å². The van der Waals surface area contributed by atoms with Gasteiger partial charge in [0.1, 0.15) is 11.7 Å². The van der Waals surface area contributed by atoms with E-state index in [1.54, 1.807) is 13.8 Å². The quantitative estimate of drug-likeness (QED) is 0.337. The summed E-state index contributed by atoms with van der Waals surface area (Å²) in [6.07, 6.45) is 3.04. The normalized spacial score (nSPS) is 54.4. The second-order valence-electron chi connectivity index (χ2n) is 6.68. The Labute approximate surface area is 117 Å². The third-order valence-electron chi connectivity index (χ3n) is 5.26. The first-order chi connectivity index (χ1) is 9.10. The molecule has 0 aromatic carbocycles. The molecule has 1 heterocycles. The lowest BCUT2D eigenvalue weighted by molar-refractivity contribution is -0.189. The molecule has 3 aliphatic rings. The van der Waals surface area contributed by atoms with E-state index >= 15 is 0 Å². The summed E-state index contributed by atoms with van der Waals surface area (Å²) in [5.74, 6) is -1.56. The molecule has 1 saturated heterocycles. The van der Waals surface area contributed by atoms with E-state index in [1.165, 1.54) is 12.2 Å². The van der Waals surface area contributed by atoms with E-state index < -0.39 is 34.8 Å². The Morgan fingerprint density at radius 2 is 1.95 bits per heavy atom. The van der Waals surface area contributed by atoms with Crippen LogP contribution in [0.3, 0.4) is 0 Å². The molecule has 3 rings (SSSR count). The van der Waals surface area contributed by atoms with Gasteiger partial charge in [-0.3, -0.25) is 0 Å². The van der Waals surface area contributed by atoms with Crippen LogP contribution in [0.2, 0.25) is 0 Å². The van der Waals surface area contributed by atoms with Crippen LogP contribution in [-0.2, 0) is 9.53 Å². The van der Waals surface area contributed by atoms with Gasteiger partial charge in [-0.2, -0.15) is 0 Å². The monoisotopic (exact) mass is 280 g/mol. The van der Waals surface area contributed by atoms with Crippen LogP contribution >= 0.6 is 0 Å². The molecule has 0 unspecified atom stereocenters. The summed E-state index contributed by atoms with van der Waals surface area (Å²) >= 11 is 0. The summed E-state index contributed by atoms with van der Waals surface area (Å²) in [5, 5.41) is 32.1. The fourth-order valence-corrected chi connectivity index (χ4v) is 3.95. The molecular weight excluding hydrogens is 260 g/mol. The van der Waals surface area contributed by atoms with Crippen molar-refractivity contribution in [3.63, 3.8) is 0 Å². The molecule has 0 spiro atoms. The zero-order valence-electron chi connectivity index (χ0n) is 11.7. The molecule has 0 bridgehead atoms. The predicted molar refractivity (Wildman–Crippen MR) is 70.6 cm³/mol. The molecule has 0 radical (unpaired) electrons. The molecule has 2 aliphatic carbocycles. The first kappa shape index (κ1) is 13.8. The van der Waals surface area contributed by atoms with Crippen molar-refractivity contribution in [3.05, 3.63) is 24.3 Å². The molecule has 0 aromatic rings. The van der Waals surface area contributed by atoms with Crippen LogP contribution in [0, 0.1) is 11.8 Å². The minimum atomic E-state index is -1.62. The standard InChI is InChI=1S/C15H20O5/c1-8-9-4-5-14(3,18)15(19)7-6-13(2,17)11(15)10(9)20-12(8)16/h6-7,9-11,17-19H,1,4-5H2,2-3H3/t9-,10-,11-,13+,14+,15+/m0/s1. The van der Waals surface area contributed by atoms with E-state index in [0.717, 1.165) is 0 Å². The van der Waals surface area contributed by atoms with Crippen molar-refractivity contribution in [2.75, 3.05) is 0 Å². The number of fused-ring (bicyclic) bond motifs is 3. The van der Waals surface area contributed by atoms with Gasteiger partial charge in [-0.1, -0.05) is 18.7 Å². The molecule has 0 aromatic heterocycles. The third kappa shape index (κ3) is 1.51. The first-order valence-corrected chi connectivity index (χ1v) is 6.87. The molecule has 5 nitrogen and oxygen atoms in total. The number of carbonyl (C=O) groups is 1. The van der Waals surface area contributed by atoms with Crippen LogP contribution in [0.1, 0.15) is 26.7 Å². The van der Waals surface area contributed by atoms with Crippen LogP contribution in [0.5, 0.6) is 0 Å². The zero-order chi connectivity index (χ0) is 14.9. The fourth-order valence-electron chi connectivity index (χ4n) is 3.95. The Bertz CT molecular complexity index is 518. The number of rotatable bonds is 0. The highest BCUT2D eigenvalue weighted by Crippen LogP contribution is 2.54. The number of hydrogen-bond acceptors (Lipinski definition) is 5. The Morgan fingerprint density at radius 1 is 1.30 bits per heavy atom. The highest BCUT2D eigenvalue weighted by atomic mass is 16.6. The summed E-state index contributed by atoms with van der Waals surface area (Å²) < 4.78 is 5.36. The van der Waals surface area contributed by atoms with Gasteiger partial charge < -0.3 is 20.1 Å². The van der Waals surface area contributed by atoms with E-state index in [1.807, 2.05) is 0 Å². The maximum absolute atomic E-state index is 11.8.